The lowest BCUT2D eigenvalue weighted by Gasteiger charge is -2.25. The van der Waals surface area contributed by atoms with Crippen LogP contribution in [0.4, 0.5) is 4.39 Å². The second-order valence-electron chi connectivity index (χ2n) is 5.18. The average molecular weight is 298 g/mol. The maximum Gasteiger partial charge on any atom is 0.156 e. The van der Waals surface area contributed by atoms with E-state index in [-0.39, 0.29) is 11.5 Å². The number of hydrogen-bond donors (Lipinski definition) is 1. The van der Waals surface area contributed by atoms with Gasteiger partial charge in [0.1, 0.15) is 23.3 Å². The minimum atomic E-state index is -3.30. The van der Waals surface area contributed by atoms with E-state index in [9.17, 15) is 17.9 Å². The fourth-order valence-electron chi connectivity index (χ4n) is 2.70. The zero-order valence-corrected chi connectivity index (χ0v) is 11.6. The zero-order valence-electron chi connectivity index (χ0n) is 10.8. The van der Waals surface area contributed by atoms with Crippen molar-refractivity contribution < 1.29 is 22.3 Å². The van der Waals surface area contributed by atoms with Crippen LogP contribution in [-0.4, -0.2) is 24.5 Å². The molecular formula is C14H15FO4S. The number of fused-ring (bicyclic) bond motifs is 1. The van der Waals surface area contributed by atoms with E-state index >= 15 is 0 Å². The minimum absolute atomic E-state index is 0.101. The fourth-order valence-corrected chi connectivity index (χ4v) is 4.66. The van der Waals surface area contributed by atoms with Gasteiger partial charge in [-0.05, 0) is 37.1 Å². The van der Waals surface area contributed by atoms with Crippen LogP contribution < -0.4 is 0 Å². The summed E-state index contributed by atoms with van der Waals surface area (Å²) in [7, 11) is -3.30. The minimum Gasteiger partial charge on any atom is -0.458 e. The first-order valence-electron chi connectivity index (χ1n) is 6.56. The Morgan fingerprint density at radius 1 is 1.30 bits per heavy atom. The lowest BCUT2D eigenvalue weighted by atomic mass is 10.1. The van der Waals surface area contributed by atoms with Gasteiger partial charge < -0.3 is 9.52 Å². The van der Waals surface area contributed by atoms with Crippen LogP contribution >= 0.6 is 0 Å². The molecule has 1 N–H and O–H groups in total. The first kappa shape index (κ1) is 13.6. The molecule has 0 bridgehead atoms. The summed E-state index contributed by atoms with van der Waals surface area (Å²) in [6, 6.07) is 5.53. The molecule has 1 aromatic heterocycles. The normalized spacial score (nSPS) is 23.8. The molecule has 20 heavy (non-hydrogen) atoms. The molecule has 2 heterocycles. The SMILES string of the molecule is O=S1(=O)CCCCC1C(O)c1cc2cc(F)ccc2o1. The number of rotatable bonds is 2. The van der Waals surface area contributed by atoms with Gasteiger partial charge in [0.15, 0.2) is 9.84 Å². The molecule has 2 atom stereocenters. The molecule has 6 heteroatoms. The highest BCUT2D eigenvalue weighted by molar-refractivity contribution is 7.92. The molecule has 1 aliphatic rings. The van der Waals surface area contributed by atoms with Gasteiger partial charge in [0.05, 0.1) is 11.0 Å². The van der Waals surface area contributed by atoms with Gasteiger partial charge in [-0.2, -0.15) is 0 Å². The van der Waals surface area contributed by atoms with Crippen LogP contribution in [-0.2, 0) is 9.84 Å². The zero-order chi connectivity index (χ0) is 14.3. The molecule has 0 amide bonds. The van der Waals surface area contributed by atoms with Gasteiger partial charge in [-0.3, -0.25) is 0 Å². The highest BCUT2D eigenvalue weighted by Crippen LogP contribution is 2.33. The van der Waals surface area contributed by atoms with E-state index in [0.717, 1.165) is 6.42 Å². The number of halogens is 1. The molecular weight excluding hydrogens is 283 g/mol. The van der Waals surface area contributed by atoms with E-state index in [1.165, 1.54) is 24.3 Å². The van der Waals surface area contributed by atoms with Gasteiger partial charge in [0, 0.05) is 5.39 Å². The Labute approximate surface area is 116 Å². The van der Waals surface area contributed by atoms with Crippen molar-refractivity contribution in [1.82, 2.24) is 0 Å². The molecule has 1 aromatic carbocycles. The predicted molar refractivity (Wildman–Crippen MR) is 72.6 cm³/mol. The summed E-state index contributed by atoms with van der Waals surface area (Å²) < 4.78 is 42.6. The van der Waals surface area contributed by atoms with Crippen molar-refractivity contribution in [3.8, 4) is 0 Å². The molecule has 2 unspecified atom stereocenters. The topological polar surface area (TPSA) is 67.5 Å². The highest BCUT2D eigenvalue weighted by Gasteiger charge is 2.37. The fraction of sp³-hybridized carbons (Fsp3) is 0.429. The molecule has 0 radical (unpaired) electrons. The molecule has 0 saturated carbocycles. The molecule has 0 spiro atoms. The van der Waals surface area contributed by atoms with Crippen LogP contribution in [0.5, 0.6) is 0 Å². The number of furan rings is 1. The second kappa shape index (κ2) is 4.86. The van der Waals surface area contributed by atoms with Crippen molar-refractivity contribution in [3.63, 3.8) is 0 Å². The van der Waals surface area contributed by atoms with Gasteiger partial charge in [-0.25, -0.2) is 12.8 Å². The smallest absolute Gasteiger partial charge is 0.156 e. The Morgan fingerprint density at radius 3 is 2.85 bits per heavy atom. The van der Waals surface area contributed by atoms with Gasteiger partial charge in [-0.1, -0.05) is 6.42 Å². The van der Waals surface area contributed by atoms with Crippen LogP contribution in [0.2, 0.25) is 0 Å². The van der Waals surface area contributed by atoms with Crippen LogP contribution in [0.3, 0.4) is 0 Å². The van der Waals surface area contributed by atoms with E-state index in [1.54, 1.807) is 0 Å². The van der Waals surface area contributed by atoms with Crippen molar-refractivity contribution in [2.75, 3.05) is 5.75 Å². The van der Waals surface area contributed by atoms with Crippen molar-refractivity contribution >= 4 is 20.8 Å². The highest BCUT2D eigenvalue weighted by atomic mass is 32.2. The van der Waals surface area contributed by atoms with Crippen molar-refractivity contribution in [2.24, 2.45) is 0 Å². The Kier molecular flexibility index (Phi) is 3.30. The van der Waals surface area contributed by atoms with Crippen molar-refractivity contribution in [2.45, 2.75) is 30.6 Å². The Hall–Kier alpha value is -1.40. The third-order valence-electron chi connectivity index (χ3n) is 3.77. The van der Waals surface area contributed by atoms with Gasteiger partial charge in [0.25, 0.3) is 0 Å². The molecule has 1 aliphatic heterocycles. The largest absolute Gasteiger partial charge is 0.458 e. The molecule has 1 fully saturated rings. The first-order chi connectivity index (χ1) is 9.47. The second-order valence-corrected chi connectivity index (χ2v) is 7.52. The predicted octanol–water partition coefficient (Wildman–Crippen LogP) is 2.57. The van der Waals surface area contributed by atoms with Gasteiger partial charge in [0.2, 0.25) is 0 Å². The van der Waals surface area contributed by atoms with Crippen LogP contribution in [0, 0.1) is 5.82 Å². The maximum absolute atomic E-state index is 13.1. The Morgan fingerprint density at radius 2 is 2.10 bits per heavy atom. The maximum atomic E-state index is 13.1. The number of sulfone groups is 1. The summed E-state index contributed by atoms with van der Waals surface area (Å²) in [5.74, 6) is -0.116. The lowest BCUT2D eigenvalue weighted by Crippen LogP contribution is -2.33. The third-order valence-corrected chi connectivity index (χ3v) is 6.04. The summed E-state index contributed by atoms with van der Waals surface area (Å²) in [6.45, 7) is 0. The number of aliphatic hydroxyl groups is 1. The first-order valence-corrected chi connectivity index (χ1v) is 8.27. The number of benzene rings is 1. The Balaban J connectivity index is 1.97. The van der Waals surface area contributed by atoms with Gasteiger partial charge in [-0.15, -0.1) is 0 Å². The van der Waals surface area contributed by atoms with E-state index < -0.39 is 27.0 Å². The van der Waals surface area contributed by atoms with Crippen LogP contribution in [0.1, 0.15) is 31.1 Å². The van der Waals surface area contributed by atoms with Crippen LogP contribution in [0.15, 0.2) is 28.7 Å². The summed E-state index contributed by atoms with van der Waals surface area (Å²) >= 11 is 0. The van der Waals surface area contributed by atoms with Gasteiger partial charge >= 0.3 is 0 Å². The van der Waals surface area contributed by atoms with E-state index in [2.05, 4.69) is 0 Å². The Bertz CT molecular complexity index is 735. The number of aliphatic hydroxyl groups excluding tert-OH is 1. The van der Waals surface area contributed by atoms with Crippen molar-refractivity contribution in [1.29, 1.82) is 0 Å². The monoisotopic (exact) mass is 298 g/mol. The number of hydrogen-bond acceptors (Lipinski definition) is 4. The van der Waals surface area contributed by atoms with E-state index in [0.29, 0.717) is 23.8 Å². The molecule has 2 aromatic rings. The molecule has 108 valence electrons. The lowest BCUT2D eigenvalue weighted by molar-refractivity contribution is 0.140. The molecule has 0 aliphatic carbocycles. The molecule has 4 nitrogen and oxygen atoms in total. The molecule has 1 saturated heterocycles. The summed E-state index contributed by atoms with van der Waals surface area (Å²) in [5, 5.41) is 9.97. The molecule has 3 rings (SSSR count). The average Bonchev–Trinajstić information content (AvgIpc) is 2.80. The summed E-state index contributed by atoms with van der Waals surface area (Å²) in [5.41, 5.74) is 0.439. The van der Waals surface area contributed by atoms with E-state index in [4.69, 9.17) is 4.42 Å². The summed E-state index contributed by atoms with van der Waals surface area (Å²) in [6.07, 6.45) is 0.637. The standard InChI is InChI=1S/C14H15FO4S/c15-10-4-5-11-9(7-10)8-12(19-11)14(16)13-3-1-2-6-20(13,17)18/h4-5,7-8,13-14,16H,1-3,6H2. The van der Waals surface area contributed by atoms with E-state index in [1.807, 2.05) is 0 Å². The van der Waals surface area contributed by atoms with Crippen LogP contribution in [0.25, 0.3) is 11.0 Å². The van der Waals surface area contributed by atoms with Crippen molar-refractivity contribution in [3.05, 3.63) is 35.8 Å². The third kappa shape index (κ3) is 2.33. The quantitative estimate of drug-likeness (QED) is 0.925. The summed E-state index contributed by atoms with van der Waals surface area (Å²) in [4.78, 5) is 0.